The highest BCUT2D eigenvalue weighted by molar-refractivity contribution is 6.35. The molecule has 16 heavy (non-hydrogen) atoms. The molecule has 0 radical (unpaired) electrons. The first kappa shape index (κ1) is 11.4. The smallest absolute Gasteiger partial charge is 0.164 e. The number of benzene rings is 1. The Hall–Kier alpha value is -1.10. The van der Waals surface area contributed by atoms with Gasteiger partial charge in [0.25, 0.3) is 0 Å². The fourth-order valence-corrected chi connectivity index (χ4v) is 1.80. The van der Waals surface area contributed by atoms with Crippen molar-refractivity contribution in [2.45, 2.75) is 13.1 Å². The van der Waals surface area contributed by atoms with E-state index in [0.717, 1.165) is 5.56 Å². The van der Waals surface area contributed by atoms with Crippen LogP contribution in [-0.2, 0) is 13.1 Å². The van der Waals surface area contributed by atoms with Gasteiger partial charge in [0.05, 0.1) is 13.1 Å². The third-order valence-corrected chi connectivity index (χ3v) is 2.70. The number of hydrogen-bond acceptors (Lipinski definition) is 3. The fraction of sp³-hybridized carbons (Fsp3) is 0.200. The zero-order chi connectivity index (χ0) is 11.5. The van der Waals surface area contributed by atoms with Gasteiger partial charge in [-0.25, -0.2) is 9.67 Å². The van der Waals surface area contributed by atoms with Gasteiger partial charge in [-0.15, -0.1) is 0 Å². The van der Waals surface area contributed by atoms with Gasteiger partial charge in [0.15, 0.2) is 5.82 Å². The van der Waals surface area contributed by atoms with Crippen molar-refractivity contribution in [1.82, 2.24) is 14.8 Å². The first-order valence-corrected chi connectivity index (χ1v) is 5.47. The van der Waals surface area contributed by atoms with Gasteiger partial charge in [0, 0.05) is 10.0 Å². The SMILES string of the molecule is NCc1ncn(Cc2ccc(Cl)cc2Cl)n1. The minimum Gasteiger partial charge on any atom is -0.324 e. The molecule has 1 aromatic carbocycles. The monoisotopic (exact) mass is 256 g/mol. The van der Waals surface area contributed by atoms with Gasteiger partial charge >= 0.3 is 0 Å². The van der Waals surface area contributed by atoms with Gasteiger partial charge in [-0.3, -0.25) is 0 Å². The van der Waals surface area contributed by atoms with Crippen molar-refractivity contribution in [3.63, 3.8) is 0 Å². The molecule has 0 bridgehead atoms. The highest BCUT2D eigenvalue weighted by atomic mass is 35.5. The summed E-state index contributed by atoms with van der Waals surface area (Å²) in [6, 6.07) is 5.37. The van der Waals surface area contributed by atoms with Gasteiger partial charge in [-0.2, -0.15) is 5.10 Å². The Morgan fingerprint density at radius 2 is 2.12 bits per heavy atom. The molecule has 4 nitrogen and oxygen atoms in total. The van der Waals surface area contributed by atoms with Gasteiger partial charge in [0.2, 0.25) is 0 Å². The van der Waals surface area contributed by atoms with Gasteiger partial charge in [-0.1, -0.05) is 29.3 Å². The van der Waals surface area contributed by atoms with E-state index in [1.54, 1.807) is 23.1 Å². The van der Waals surface area contributed by atoms with Crippen LogP contribution in [0.25, 0.3) is 0 Å². The summed E-state index contributed by atoms with van der Waals surface area (Å²) in [6.07, 6.45) is 1.63. The minimum absolute atomic E-state index is 0.335. The highest BCUT2D eigenvalue weighted by Crippen LogP contribution is 2.21. The molecule has 84 valence electrons. The molecule has 0 aliphatic carbocycles. The van der Waals surface area contributed by atoms with Crippen molar-refractivity contribution in [1.29, 1.82) is 0 Å². The number of halogens is 2. The van der Waals surface area contributed by atoms with E-state index in [-0.39, 0.29) is 0 Å². The highest BCUT2D eigenvalue weighted by Gasteiger charge is 2.04. The molecule has 1 heterocycles. The summed E-state index contributed by atoms with van der Waals surface area (Å²) >= 11 is 11.9. The van der Waals surface area contributed by atoms with Crippen LogP contribution in [0.4, 0.5) is 0 Å². The molecule has 2 N–H and O–H groups in total. The Kier molecular flexibility index (Phi) is 3.43. The second-order valence-electron chi connectivity index (χ2n) is 3.30. The number of nitrogens with two attached hydrogens (primary N) is 1. The van der Waals surface area contributed by atoms with Crippen LogP contribution in [0, 0.1) is 0 Å². The van der Waals surface area contributed by atoms with E-state index in [2.05, 4.69) is 10.1 Å². The third kappa shape index (κ3) is 2.52. The van der Waals surface area contributed by atoms with E-state index < -0.39 is 0 Å². The zero-order valence-electron chi connectivity index (χ0n) is 8.40. The number of rotatable bonds is 3. The van der Waals surface area contributed by atoms with Crippen LogP contribution >= 0.6 is 23.2 Å². The van der Waals surface area contributed by atoms with Crippen molar-refractivity contribution < 1.29 is 0 Å². The predicted molar refractivity (Wildman–Crippen MR) is 63.5 cm³/mol. The number of nitrogens with zero attached hydrogens (tertiary/aromatic N) is 3. The molecular formula is C10H10Cl2N4. The molecule has 2 rings (SSSR count). The topological polar surface area (TPSA) is 56.7 Å². The Balaban J connectivity index is 2.20. The van der Waals surface area contributed by atoms with Crippen molar-refractivity contribution in [2.75, 3.05) is 0 Å². The lowest BCUT2D eigenvalue weighted by molar-refractivity contribution is 0.672. The molecule has 0 fully saturated rings. The molecule has 0 aliphatic heterocycles. The van der Waals surface area contributed by atoms with E-state index in [1.165, 1.54) is 0 Å². The average Bonchev–Trinajstić information content (AvgIpc) is 2.70. The average molecular weight is 257 g/mol. The molecule has 1 aromatic heterocycles. The Morgan fingerprint density at radius 3 is 2.75 bits per heavy atom. The summed E-state index contributed by atoms with van der Waals surface area (Å²) < 4.78 is 1.69. The fourth-order valence-electron chi connectivity index (χ4n) is 1.33. The molecule has 0 saturated heterocycles. The zero-order valence-corrected chi connectivity index (χ0v) is 9.91. The number of hydrogen-bond donors (Lipinski definition) is 1. The van der Waals surface area contributed by atoms with Crippen molar-refractivity contribution in [3.05, 3.63) is 46.0 Å². The predicted octanol–water partition coefficient (Wildman–Crippen LogP) is 2.09. The van der Waals surface area contributed by atoms with Crippen LogP contribution in [0.5, 0.6) is 0 Å². The second-order valence-corrected chi connectivity index (χ2v) is 4.14. The van der Waals surface area contributed by atoms with Crippen molar-refractivity contribution in [3.8, 4) is 0 Å². The Labute approximate surface area is 103 Å². The molecule has 0 unspecified atom stereocenters. The van der Waals surface area contributed by atoms with E-state index in [9.17, 15) is 0 Å². The summed E-state index contributed by atoms with van der Waals surface area (Å²) in [6.45, 7) is 0.893. The normalized spacial score (nSPS) is 10.7. The maximum atomic E-state index is 6.05. The van der Waals surface area contributed by atoms with Crippen LogP contribution in [0.15, 0.2) is 24.5 Å². The van der Waals surface area contributed by atoms with Crippen LogP contribution in [0.3, 0.4) is 0 Å². The molecule has 0 aliphatic rings. The summed E-state index contributed by atoms with van der Waals surface area (Å²) in [7, 11) is 0. The van der Waals surface area contributed by atoms with Crippen LogP contribution in [0.2, 0.25) is 10.0 Å². The van der Waals surface area contributed by atoms with Gasteiger partial charge in [-0.05, 0) is 17.7 Å². The quantitative estimate of drug-likeness (QED) is 0.915. The van der Waals surface area contributed by atoms with E-state index >= 15 is 0 Å². The third-order valence-electron chi connectivity index (χ3n) is 2.11. The Bertz CT molecular complexity index is 495. The lowest BCUT2D eigenvalue weighted by Gasteiger charge is -2.04. The molecule has 2 aromatic rings. The molecule has 0 atom stereocenters. The number of aromatic nitrogens is 3. The van der Waals surface area contributed by atoms with E-state index in [4.69, 9.17) is 28.9 Å². The maximum absolute atomic E-state index is 6.05. The van der Waals surface area contributed by atoms with Gasteiger partial charge < -0.3 is 5.73 Å². The second kappa shape index (κ2) is 4.82. The van der Waals surface area contributed by atoms with E-state index in [0.29, 0.717) is 29.0 Å². The van der Waals surface area contributed by atoms with Crippen LogP contribution in [-0.4, -0.2) is 14.8 Å². The van der Waals surface area contributed by atoms with Gasteiger partial charge in [0.1, 0.15) is 6.33 Å². The van der Waals surface area contributed by atoms with Crippen molar-refractivity contribution in [2.24, 2.45) is 5.73 Å². The molecular weight excluding hydrogens is 247 g/mol. The summed E-state index contributed by atoms with van der Waals surface area (Å²) in [5.74, 6) is 0.616. The molecule has 0 spiro atoms. The molecule has 0 saturated carbocycles. The van der Waals surface area contributed by atoms with Crippen LogP contribution < -0.4 is 5.73 Å². The largest absolute Gasteiger partial charge is 0.324 e. The lowest BCUT2D eigenvalue weighted by atomic mass is 10.2. The van der Waals surface area contributed by atoms with Crippen LogP contribution in [0.1, 0.15) is 11.4 Å². The lowest BCUT2D eigenvalue weighted by Crippen LogP contribution is -2.04. The van der Waals surface area contributed by atoms with E-state index in [1.807, 2.05) is 6.07 Å². The first-order chi connectivity index (χ1) is 7.69. The van der Waals surface area contributed by atoms with Crippen molar-refractivity contribution >= 4 is 23.2 Å². The maximum Gasteiger partial charge on any atom is 0.164 e. The minimum atomic E-state index is 0.335. The summed E-state index contributed by atoms with van der Waals surface area (Å²) in [5.41, 5.74) is 6.37. The Morgan fingerprint density at radius 1 is 1.31 bits per heavy atom. The summed E-state index contributed by atoms with van der Waals surface area (Å²) in [5, 5.41) is 5.42. The molecule has 0 amide bonds. The molecule has 6 heteroatoms. The standard InChI is InChI=1S/C10H10Cl2N4/c11-8-2-1-7(9(12)3-8)5-16-6-14-10(4-13)15-16/h1-3,6H,4-5,13H2. The first-order valence-electron chi connectivity index (χ1n) is 4.71. The summed E-state index contributed by atoms with van der Waals surface area (Å²) in [4.78, 5) is 4.04.